The first-order valence-corrected chi connectivity index (χ1v) is 8.43. The molecule has 0 aliphatic carbocycles. The lowest BCUT2D eigenvalue weighted by Gasteiger charge is -2.24. The molecule has 2 N–H and O–H groups in total. The van der Waals surface area contributed by atoms with Gasteiger partial charge in [-0.2, -0.15) is 0 Å². The summed E-state index contributed by atoms with van der Waals surface area (Å²) < 4.78 is 0. The largest absolute Gasteiger partial charge is 0.395 e. The molecular weight excluding hydrogens is 236 g/mol. The van der Waals surface area contributed by atoms with Crippen molar-refractivity contribution < 1.29 is 5.11 Å². The van der Waals surface area contributed by atoms with E-state index in [9.17, 15) is 0 Å². The van der Waals surface area contributed by atoms with Gasteiger partial charge in [0.05, 0.1) is 6.61 Å². The van der Waals surface area contributed by atoms with Crippen molar-refractivity contribution in [3.05, 3.63) is 0 Å². The van der Waals surface area contributed by atoms with Gasteiger partial charge in [0, 0.05) is 19.1 Å². The van der Waals surface area contributed by atoms with E-state index < -0.39 is 0 Å². The van der Waals surface area contributed by atoms with Crippen LogP contribution < -0.4 is 5.32 Å². The highest BCUT2D eigenvalue weighted by Gasteiger charge is 2.17. The molecule has 0 aromatic heterocycles. The zero-order valence-electron chi connectivity index (χ0n) is 12.9. The predicted molar refractivity (Wildman–Crippen MR) is 82.5 cm³/mol. The molecule has 0 saturated carbocycles. The fraction of sp³-hybridized carbons (Fsp3) is 1.00. The van der Waals surface area contributed by atoms with Gasteiger partial charge >= 0.3 is 0 Å². The molecule has 1 heterocycles. The maximum atomic E-state index is 9.15. The molecule has 3 nitrogen and oxygen atoms in total. The smallest absolute Gasteiger partial charge is 0.0558 e. The third kappa shape index (κ3) is 8.61. The number of unbranched alkanes of at least 4 members (excludes halogenated alkanes) is 6. The number of hydrogen-bond acceptors (Lipinski definition) is 3. The second-order valence-electron chi connectivity index (χ2n) is 5.94. The van der Waals surface area contributed by atoms with Gasteiger partial charge in [0.15, 0.2) is 0 Å². The number of nitrogens with zero attached hydrogens (tertiary/aromatic N) is 1. The Balaban J connectivity index is 2.01. The van der Waals surface area contributed by atoms with Gasteiger partial charge in [0.1, 0.15) is 0 Å². The molecule has 0 spiro atoms. The third-order valence-corrected chi connectivity index (χ3v) is 4.14. The normalized spacial score (nSPS) is 19.4. The maximum Gasteiger partial charge on any atom is 0.0558 e. The second-order valence-corrected chi connectivity index (χ2v) is 5.94. The van der Waals surface area contributed by atoms with Crippen molar-refractivity contribution in [1.82, 2.24) is 10.2 Å². The monoisotopic (exact) mass is 270 g/mol. The van der Waals surface area contributed by atoms with E-state index in [2.05, 4.69) is 17.1 Å². The average Bonchev–Trinajstić information content (AvgIpc) is 2.91. The van der Waals surface area contributed by atoms with Crippen LogP contribution in [0.2, 0.25) is 0 Å². The highest BCUT2D eigenvalue weighted by molar-refractivity contribution is 4.77. The molecule has 1 saturated heterocycles. The third-order valence-electron chi connectivity index (χ3n) is 4.14. The number of aliphatic hydroxyl groups excluding tert-OH is 1. The van der Waals surface area contributed by atoms with Crippen LogP contribution in [0, 0.1) is 0 Å². The van der Waals surface area contributed by atoms with Gasteiger partial charge in [-0.15, -0.1) is 0 Å². The van der Waals surface area contributed by atoms with Crippen LogP contribution in [-0.4, -0.2) is 48.8 Å². The lowest BCUT2D eigenvalue weighted by Crippen LogP contribution is -2.39. The SMILES string of the molecule is CCCCCCCCCN(CCO)CC1CCCN1. The quantitative estimate of drug-likeness (QED) is 0.535. The summed E-state index contributed by atoms with van der Waals surface area (Å²) in [6.07, 6.45) is 12.2. The predicted octanol–water partition coefficient (Wildman–Crippen LogP) is 2.78. The van der Waals surface area contributed by atoms with Crippen molar-refractivity contribution in [1.29, 1.82) is 0 Å². The van der Waals surface area contributed by atoms with E-state index in [0.717, 1.165) is 19.6 Å². The fourth-order valence-electron chi connectivity index (χ4n) is 2.95. The highest BCUT2D eigenvalue weighted by atomic mass is 16.3. The molecule has 3 heteroatoms. The average molecular weight is 270 g/mol. The summed E-state index contributed by atoms with van der Waals surface area (Å²) in [5, 5.41) is 12.7. The topological polar surface area (TPSA) is 35.5 Å². The van der Waals surface area contributed by atoms with E-state index in [1.165, 1.54) is 64.3 Å². The summed E-state index contributed by atoms with van der Waals surface area (Å²) in [6.45, 7) is 6.86. The van der Waals surface area contributed by atoms with Gasteiger partial charge < -0.3 is 10.4 Å². The fourth-order valence-corrected chi connectivity index (χ4v) is 2.95. The summed E-state index contributed by atoms with van der Waals surface area (Å²) in [7, 11) is 0. The van der Waals surface area contributed by atoms with Crippen molar-refractivity contribution in [2.45, 2.75) is 70.8 Å². The number of nitrogens with one attached hydrogen (secondary N) is 1. The molecule has 0 aromatic carbocycles. The first kappa shape index (κ1) is 16.9. The van der Waals surface area contributed by atoms with Crippen molar-refractivity contribution in [2.24, 2.45) is 0 Å². The Labute approximate surface area is 119 Å². The van der Waals surface area contributed by atoms with Gasteiger partial charge in [0.25, 0.3) is 0 Å². The van der Waals surface area contributed by atoms with Crippen molar-refractivity contribution in [3.63, 3.8) is 0 Å². The minimum absolute atomic E-state index is 0.295. The Bertz CT molecular complexity index is 193. The molecule has 1 atom stereocenters. The van der Waals surface area contributed by atoms with E-state index in [1.807, 2.05) is 0 Å². The summed E-state index contributed by atoms with van der Waals surface area (Å²) in [5.41, 5.74) is 0. The molecule has 1 aliphatic rings. The lowest BCUT2D eigenvalue weighted by molar-refractivity contribution is 0.182. The number of rotatable bonds is 12. The first-order chi connectivity index (χ1) is 9.36. The summed E-state index contributed by atoms with van der Waals surface area (Å²) in [4.78, 5) is 2.44. The molecular formula is C16H34N2O. The van der Waals surface area contributed by atoms with Crippen LogP contribution in [0.1, 0.15) is 64.7 Å². The van der Waals surface area contributed by atoms with Crippen LogP contribution in [0.3, 0.4) is 0 Å². The molecule has 19 heavy (non-hydrogen) atoms. The number of hydrogen-bond donors (Lipinski definition) is 2. The molecule has 0 bridgehead atoms. The summed E-state index contributed by atoms with van der Waals surface area (Å²) >= 11 is 0. The van der Waals surface area contributed by atoms with E-state index >= 15 is 0 Å². The highest BCUT2D eigenvalue weighted by Crippen LogP contribution is 2.10. The van der Waals surface area contributed by atoms with Crippen LogP contribution in [0.4, 0.5) is 0 Å². The van der Waals surface area contributed by atoms with Gasteiger partial charge in [-0.3, -0.25) is 4.90 Å². The first-order valence-electron chi connectivity index (χ1n) is 8.43. The molecule has 1 aliphatic heterocycles. The Morgan fingerprint density at radius 2 is 1.79 bits per heavy atom. The molecule has 0 radical (unpaired) electrons. The minimum Gasteiger partial charge on any atom is -0.395 e. The van der Waals surface area contributed by atoms with Crippen LogP contribution in [0.25, 0.3) is 0 Å². The van der Waals surface area contributed by atoms with Crippen molar-refractivity contribution in [2.75, 3.05) is 32.8 Å². The van der Waals surface area contributed by atoms with E-state index in [0.29, 0.717) is 12.6 Å². The van der Waals surface area contributed by atoms with Crippen molar-refractivity contribution in [3.8, 4) is 0 Å². The van der Waals surface area contributed by atoms with Gasteiger partial charge in [-0.1, -0.05) is 45.4 Å². The molecule has 114 valence electrons. The Hall–Kier alpha value is -0.120. The van der Waals surface area contributed by atoms with E-state index in [1.54, 1.807) is 0 Å². The second kappa shape index (κ2) is 11.7. The van der Waals surface area contributed by atoms with Crippen molar-refractivity contribution >= 4 is 0 Å². The van der Waals surface area contributed by atoms with Crippen LogP contribution in [-0.2, 0) is 0 Å². The maximum absolute atomic E-state index is 9.15. The number of aliphatic hydroxyl groups is 1. The van der Waals surface area contributed by atoms with Crippen LogP contribution >= 0.6 is 0 Å². The molecule has 0 amide bonds. The lowest BCUT2D eigenvalue weighted by atomic mass is 10.1. The van der Waals surface area contributed by atoms with Crippen LogP contribution in [0.15, 0.2) is 0 Å². The molecule has 0 aromatic rings. The molecule has 1 unspecified atom stereocenters. The summed E-state index contributed by atoms with van der Waals surface area (Å²) in [6, 6.07) is 0.663. The molecule has 1 rings (SSSR count). The Kier molecular flexibility index (Phi) is 10.4. The van der Waals surface area contributed by atoms with Gasteiger partial charge in [-0.05, 0) is 32.4 Å². The van der Waals surface area contributed by atoms with Gasteiger partial charge in [-0.25, -0.2) is 0 Å². The van der Waals surface area contributed by atoms with E-state index in [-0.39, 0.29) is 0 Å². The Morgan fingerprint density at radius 1 is 1.05 bits per heavy atom. The van der Waals surface area contributed by atoms with E-state index in [4.69, 9.17) is 5.11 Å². The summed E-state index contributed by atoms with van der Waals surface area (Å²) in [5.74, 6) is 0. The minimum atomic E-state index is 0.295. The molecule has 1 fully saturated rings. The van der Waals surface area contributed by atoms with Crippen LogP contribution in [0.5, 0.6) is 0 Å². The van der Waals surface area contributed by atoms with Gasteiger partial charge in [0.2, 0.25) is 0 Å². The zero-order chi connectivity index (χ0) is 13.8. The Morgan fingerprint density at radius 3 is 2.42 bits per heavy atom. The standard InChI is InChI=1S/C16H34N2O/c1-2-3-4-5-6-7-8-12-18(13-14-19)15-16-10-9-11-17-16/h16-17,19H,2-15H2,1H3. The zero-order valence-corrected chi connectivity index (χ0v) is 12.9.